The highest BCUT2D eigenvalue weighted by Gasteiger charge is 2.49. The van der Waals surface area contributed by atoms with Gasteiger partial charge in [-0.05, 0) is 74.7 Å². The highest BCUT2D eigenvalue weighted by atomic mass is 16.6. The number of hydrogen-bond acceptors (Lipinski definition) is 7. The first-order chi connectivity index (χ1) is 18.8. The van der Waals surface area contributed by atoms with Gasteiger partial charge >= 0.3 is 5.97 Å². The van der Waals surface area contributed by atoms with E-state index < -0.39 is 16.4 Å². The van der Waals surface area contributed by atoms with Gasteiger partial charge in [-0.15, -0.1) is 0 Å². The molecule has 9 nitrogen and oxygen atoms in total. The number of carbonyl (C=O) groups is 2. The van der Waals surface area contributed by atoms with Gasteiger partial charge in [-0.25, -0.2) is 4.79 Å². The van der Waals surface area contributed by atoms with Gasteiger partial charge in [-0.3, -0.25) is 14.9 Å². The summed E-state index contributed by atoms with van der Waals surface area (Å²) in [5.41, 5.74) is 0.743. The fourth-order valence-electron chi connectivity index (χ4n) is 5.77. The zero-order valence-electron chi connectivity index (χ0n) is 22.7. The Bertz CT molecular complexity index is 1240. The zero-order valence-corrected chi connectivity index (χ0v) is 22.7. The van der Waals surface area contributed by atoms with Crippen molar-refractivity contribution in [2.75, 3.05) is 27.2 Å². The summed E-state index contributed by atoms with van der Waals surface area (Å²) in [5, 5.41) is 14.3. The Morgan fingerprint density at radius 1 is 1.15 bits per heavy atom. The van der Waals surface area contributed by atoms with Crippen LogP contribution in [-0.4, -0.2) is 59.9 Å². The summed E-state index contributed by atoms with van der Waals surface area (Å²) in [6, 6.07) is 16.3. The predicted molar refractivity (Wildman–Crippen MR) is 149 cm³/mol. The summed E-state index contributed by atoms with van der Waals surface area (Å²) in [7, 11) is 2.91. The van der Waals surface area contributed by atoms with Gasteiger partial charge in [0.25, 0.3) is 11.6 Å². The first-order valence-corrected chi connectivity index (χ1v) is 13.3. The lowest BCUT2D eigenvalue weighted by molar-refractivity contribution is -0.384. The van der Waals surface area contributed by atoms with Crippen molar-refractivity contribution in [3.8, 4) is 0 Å². The Morgan fingerprint density at radius 2 is 1.82 bits per heavy atom. The molecular formula is C30H36N4O5. The van der Waals surface area contributed by atoms with Crippen LogP contribution in [0.15, 0.2) is 78.6 Å². The number of likely N-dealkylation sites (tertiary alicyclic amines) is 1. The van der Waals surface area contributed by atoms with E-state index in [1.165, 1.54) is 29.7 Å². The first kappa shape index (κ1) is 28.0. The minimum Gasteiger partial charge on any atom is -0.467 e. The van der Waals surface area contributed by atoms with Crippen molar-refractivity contribution in [3.05, 3.63) is 99.9 Å². The van der Waals surface area contributed by atoms with Crippen LogP contribution in [0.1, 0.15) is 49.7 Å². The highest BCUT2D eigenvalue weighted by Crippen LogP contribution is 2.39. The van der Waals surface area contributed by atoms with E-state index in [0.717, 1.165) is 25.9 Å². The second-order valence-corrected chi connectivity index (χ2v) is 10.2. The Morgan fingerprint density at radius 3 is 2.38 bits per heavy atom. The van der Waals surface area contributed by atoms with Crippen molar-refractivity contribution in [3.63, 3.8) is 0 Å². The molecule has 1 amide bonds. The number of nitro benzene ring substituents is 1. The molecule has 2 aliphatic heterocycles. The number of benzene rings is 2. The van der Waals surface area contributed by atoms with Crippen LogP contribution in [0.4, 0.5) is 5.69 Å². The average Bonchev–Trinajstić information content (AvgIpc) is 2.99. The maximum atomic E-state index is 13.7. The van der Waals surface area contributed by atoms with E-state index in [2.05, 4.69) is 41.4 Å². The lowest BCUT2D eigenvalue weighted by Crippen LogP contribution is -2.57. The monoisotopic (exact) mass is 532 g/mol. The molecule has 1 saturated heterocycles. The molecule has 0 saturated carbocycles. The number of carbonyl (C=O) groups excluding carboxylic acids is 2. The number of rotatable bonds is 9. The third kappa shape index (κ3) is 5.88. The lowest BCUT2D eigenvalue weighted by Gasteiger charge is -2.45. The van der Waals surface area contributed by atoms with Crippen molar-refractivity contribution >= 4 is 17.6 Å². The van der Waals surface area contributed by atoms with Crippen LogP contribution in [0, 0.1) is 10.1 Å². The predicted octanol–water partition coefficient (Wildman–Crippen LogP) is 4.47. The molecule has 1 N–H and O–H groups in total. The van der Waals surface area contributed by atoms with E-state index in [4.69, 9.17) is 4.74 Å². The number of nitrogens with one attached hydrogen (secondary N) is 1. The number of likely N-dealkylation sites (N-methyl/N-ethyl adjacent to an activating group) is 1. The SMILES string of the molecule is COC(=O)C(CC(C)N1CCC(c2ccccc2)CC1)(c1ccc([N+](=O)[O-])cc1)N(C)C(=O)C1=CNC=CC1. The third-order valence-corrected chi connectivity index (χ3v) is 8.05. The number of hydrogen-bond donors (Lipinski definition) is 1. The molecule has 9 heteroatoms. The molecule has 1 fully saturated rings. The number of nitrogens with zero attached hydrogens (tertiary/aromatic N) is 3. The molecule has 206 valence electrons. The Labute approximate surface area is 229 Å². The molecule has 0 radical (unpaired) electrons. The van der Waals surface area contributed by atoms with Crippen LogP contribution in [0.25, 0.3) is 0 Å². The minimum atomic E-state index is -1.49. The van der Waals surface area contributed by atoms with E-state index in [9.17, 15) is 19.7 Å². The minimum absolute atomic E-state index is 0.0791. The largest absolute Gasteiger partial charge is 0.467 e. The maximum Gasteiger partial charge on any atom is 0.336 e. The van der Waals surface area contributed by atoms with Crippen molar-refractivity contribution < 1.29 is 19.2 Å². The standard InChI is InChI=1S/C30H36N4O5/c1-22(33-18-15-24(16-19-33)23-8-5-4-6-9-23)20-30(29(36)39-3,26-11-13-27(14-12-26)34(37)38)32(2)28(35)25-10-7-17-31-21-25/h4-9,11-14,17,21-22,24,31H,10,15-16,18-20H2,1-3H3. The summed E-state index contributed by atoms with van der Waals surface area (Å²) in [4.78, 5) is 42.1. The smallest absolute Gasteiger partial charge is 0.336 e. The fraction of sp³-hybridized carbons (Fsp3) is 0.400. The number of methoxy groups -OCH3 is 1. The van der Waals surface area contributed by atoms with Crippen molar-refractivity contribution in [1.29, 1.82) is 0 Å². The quantitative estimate of drug-likeness (QED) is 0.289. The van der Waals surface area contributed by atoms with Crippen molar-refractivity contribution in [2.24, 2.45) is 0 Å². The van der Waals surface area contributed by atoms with E-state index in [1.807, 2.05) is 12.1 Å². The van der Waals surface area contributed by atoms with E-state index >= 15 is 0 Å². The van der Waals surface area contributed by atoms with Gasteiger partial charge in [0.15, 0.2) is 5.54 Å². The Hall–Kier alpha value is -3.98. The fourth-order valence-corrected chi connectivity index (χ4v) is 5.77. The summed E-state index contributed by atoms with van der Waals surface area (Å²) < 4.78 is 5.34. The molecule has 2 unspecified atom stereocenters. The summed E-state index contributed by atoms with van der Waals surface area (Å²) in [6.07, 6.45) is 7.92. The average molecular weight is 533 g/mol. The van der Waals surface area contributed by atoms with Crippen LogP contribution in [0.2, 0.25) is 0 Å². The molecule has 39 heavy (non-hydrogen) atoms. The number of esters is 1. The summed E-state index contributed by atoms with van der Waals surface area (Å²) in [5.74, 6) is -0.415. The van der Waals surface area contributed by atoms with E-state index in [0.29, 0.717) is 23.5 Å². The second-order valence-electron chi connectivity index (χ2n) is 10.2. The van der Waals surface area contributed by atoms with Crippen molar-refractivity contribution in [1.82, 2.24) is 15.1 Å². The number of nitro groups is 1. The van der Waals surface area contributed by atoms with Crippen LogP contribution >= 0.6 is 0 Å². The molecule has 2 atom stereocenters. The number of dihydropyridines is 1. The summed E-state index contributed by atoms with van der Waals surface area (Å²) >= 11 is 0. The number of allylic oxidation sites excluding steroid dienone is 1. The van der Waals surface area contributed by atoms with Gasteiger partial charge in [-0.2, -0.15) is 0 Å². The third-order valence-electron chi connectivity index (χ3n) is 8.05. The normalized spacial score (nSPS) is 18.3. The van der Waals surface area contributed by atoms with Crippen LogP contribution in [0.5, 0.6) is 0 Å². The molecule has 2 aromatic carbocycles. The molecule has 0 bridgehead atoms. The molecule has 0 aliphatic carbocycles. The van der Waals surface area contributed by atoms with Crippen molar-refractivity contribution in [2.45, 2.75) is 50.1 Å². The van der Waals surface area contributed by atoms with Crippen LogP contribution in [-0.2, 0) is 19.9 Å². The molecule has 0 spiro atoms. The Kier molecular flexibility index (Phi) is 8.81. The number of non-ortho nitro benzene ring substituents is 1. The lowest BCUT2D eigenvalue weighted by atomic mass is 9.80. The number of ether oxygens (including phenoxy) is 1. The van der Waals surface area contributed by atoms with Gasteiger partial charge < -0.3 is 19.9 Å². The number of piperidine rings is 1. The molecule has 4 rings (SSSR count). The number of amides is 1. The molecule has 0 aromatic heterocycles. The van der Waals surface area contributed by atoms with Gasteiger partial charge in [0.2, 0.25) is 0 Å². The Balaban J connectivity index is 1.65. The van der Waals surface area contributed by atoms with Gasteiger partial charge in [-0.1, -0.05) is 36.4 Å². The molecule has 2 heterocycles. The van der Waals surface area contributed by atoms with E-state index in [-0.39, 0.29) is 24.1 Å². The molecular weight excluding hydrogens is 496 g/mol. The van der Waals surface area contributed by atoms with E-state index in [1.54, 1.807) is 31.6 Å². The summed E-state index contributed by atoms with van der Waals surface area (Å²) in [6.45, 7) is 3.78. The van der Waals surface area contributed by atoms with Gasteiger partial charge in [0.05, 0.1) is 12.0 Å². The topological polar surface area (TPSA) is 105 Å². The highest BCUT2D eigenvalue weighted by molar-refractivity contribution is 5.98. The second kappa shape index (κ2) is 12.3. The first-order valence-electron chi connectivity index (χ1n) is 13.3. The maximum absolute atomic E-state index is 13.7. The van der Waals surface area contributed by atoms with Gasteiger partial charge in [0.1, 0.15) is 0 Å². The zero-order chi connectivity index (χ0) is 28.0. The van der Waals surface area contributed by atoms with Crippen LogP contribution in [0.3, 0.4) is 0 Å². The molecule has 2 aromatic rings. The van der Waals surface area contributed by atoms with Gasteiger partial charge in [0, 0.05) is 43.4 Å². The van der Waals surface area contributed by atoms with Crippen LogP contribution < -0.4 is 5.32 Å². The molecule has 2 aliphatic rings.